The number of amides is 3. The Balaban J connectivity index is 1.06. The molecule has 2 heterocycles. The molecule has 2 aromatic rings. The fourth-order valence-electron chi connectivity index (χ4n) is 7.18. The minimum atomic E-state index is -0.562. The second-order valence-electron chi connectivity index (χ2n) is 11.3. The van der Waals surface area contributed by atoms with Crippen molar-refractivity contribution in [2.75, 3.05) is 16.3 Å². The number of esters is 1. The topological polar surface area (TPSA) is 84.0 Å². The maximum atomic E-state index is 13.4. The summed E-state index contributed by atoms with van der Waals surface area (Å²) in [5, 5.41) is 0. The molecule has 188 valence electrons. The van der Waals surface area contributed by atoms with E-state index in [1.807, 2.05) is 38.1 Å². The molecule has 0 spiro atoms. The highest BCUT2D eigenvalue weighted by Gasteiger charge is 2.67. The van der Waals surface area contributed by atoms with E-state index in [9.17, 15) is 19.2 Å². The van der Waals surface area contributed by atoms with E-state index in [2.05, 4.69) is 12.2 Å². The third kappa shape index (κ3) is 3.32. The van der Waals surface area contributed by atoms with Crippen molar-refractivity contribution in [1.82, 2.24) is 0 Å². The van der Waals surface area contributed by atoms with Crippen LogP contribution < -0.4 is 14.5 Å². The van der Waals surface area contributed by atoms with Gasteiger partial charge in [-0.05, 0) is 79.8 Å². The fraction of sp³-hybridized carbons (Fsp3) is 0.400. The van der Waals surface area contributed by atoms with Gasteiger partial charge in [0, 0.05) is 18.7 Å². The van der Waals surface area contributed by atoms with E-state index in [0.29, 0.717) is 28.8 Å². The van der Waals surface area contributed by atoms with Crippen LogP contribution in [-0.4, -0.2) is 30.2 Å². The minimum Gasteiger partial charge on any atom is -0.426 e. The molecule has 0 N–H and O–H groups in total. The summed E-state index contributed by atoms with van der Waals surface area (Å²) in [6.07, 6.45) is 5.56. The zero-order valence-electron chi connectivity index (χ0n) is 20.8. The molecule has 7 atom stereocenters. The Morgan fingerprint density at radius 3 is 2.16 bits per heavy atom. The van der Waals surface area contributed by atoms with Crippen LogP contribution in [0.3, 0.4) is 0 Å². The van der Waals surface area contributed by atoms with Crippen molar-refractivity contribution in [1.29, 1.82) is 0 Å². The molecule has 7 nitrogen and oxygen atoms in total. The molecule has 4 aliphatic carbocycles. The summed E-state index contributed by atoms with van der Waals surface area (Å²) >= 11 is 0. The number of benzene rings is 2. The van der Waals surface area contributed by atoms with Gasteiger partial charge in [-0.1, -0.05) is 29.8 Å². The van der Waals surface area contributed by atoms with E-state index in [0.717, 1.165) is 17.7 Å². The molecule has 7 heteroatoms. The van der Waals surface area contributed by atoms with Crippen molar-refractivity contribution in [2.24, 2.45) is 41.4 Å². The van der Waals surface area contributed by atoms with Gasteiger partial charge in [-0.3, -0.25) is 19.2 Å². The molecule has 0 unspecified atom stereocenters. The van der Waals surface area contributed by atoms with Crippen molar-refractivity contribution in [2.45, 2.75) is 26.7 Å². The summed E-state index contributed by atoms with van der Waals surface area (Å²) in [7, 11) is 0. The van der Waals surface area contributed by atoms with Gasteiger partial charge in [0.15, 0.2) is 0 Å². The summed E-state index contributed by atoms with van der Waals surface area (Å²) in [6, 6.07) is 12.6. The zero-order valence-corrected chi connectivity index (χ0v) is 20.8. The van der Waals surface area contributed by atoms with Crippen LogP contribution in [0.15, 0.2) is 54.6 Å². The maximum Gasteiger partial charge on any atom is 0.316 e. The van der Waals surface area contributed by atoms with Crippen LogP contribution in [0.5, 0.6) is 5.75 Å². The summed E-state index contributed by atoms with van der Waals surface area (Å²) < 4.78 is 5.64. The first-order valence-corrected chi connectivity index (χ1v) is 13.1. The quantitative estimate of drug-likeness (QED) is 0.278. The number of carbonyl (C=O) groups is 4. The van der Waals surface area contributed by atoms with Gasteiger partial charge in [0.1, 0.15) is 5.75 Å². The lowest BCUT2D eigenvalue weighted by atomic mass is 9.63. The number of hydrogen-bond acceptors (Lipinski definition) is 5. The number of rotatable bonds is 4. The van der Waals surface area contributed by atoms with Gasteiger partial charge in [-0.25, -0.2) is 4.90 Å². The van der Waals surface area contributed by atoms with E-state index in [1.165, 1.54) is 4.90 Å². The Hall–Kier alpha value is -3.74. The predicted octanol–water partition coefficient (Wildman–Crippen LogP) is 3.82. The van der Waals surface area contributed by atoms with Crippen molar-refractivity contribution in [3.05, 3.63) is 65.7 Å². The highest BCUT2D eigenvalue weighted by molar-refractivity contribution is 6.23. The van der Waals surface area contributed by atoms with Crippen molar-refractivity contribution in [3.63, 3.8) is 0 Å². The average molecular weight is 497 g/mol. The molecule has 2 aromatic carbocycles. The molecule has 0 radical (unpaired) electrons. The largest absolute Gasteiger partial charge is 0.426 e. The number of imide groups is 1. The van der Waals surface area contributed by atoms with E-state index in [-0.39, 0.29) is 54.4 Å². The second kappa shape index (κ2) is 7.88. The lowest BCUT2D eigenvalue weighted by Crippen LogP contribution is -2.40. The molecular formula is C30H28N2O5. The van der Waals surface area contributed by atoms with Gasteiger partial charge in [0.2, 0.25) is 17.7 Å². The van der Waals surface area contributed by atoms with Gasteiger partial charge in [-0.2, -0.15) is 0 Å². The Morgan fingerprint density at radius 2 is 1.54 bits per heavy atom. The number of carbonyl (C=O) groups excluding carboxylic acids is 4. The smallest absolute Gasteiger partial charge is 0.316 e. The van der Waals surface area contributed by atoms with Crippen LogP contribution >= 0.6 is 0 Å². The number of hydrogen-bond donors (Lipinski definition) is 0. The Kier molecular flexibility index (Phi) is 4.78. The average Bonchev–Trinajstić information content (AvgIpc) is 3.56. The van der Waals surface area contributed by atoms with E-state index >= 15 is 0 Å². The third-order valence-corrected chi connectivity index (χ3v) is 9.09. The molecule has 8 rings (SSSR count). The molecule has 2 saturated heterocycles. The Bertz CT molecular complexity index is 1360. The van der Waals surface area contributed by atoms with Crippen molar-refractivity contribution in [3.8, 4) is 5.75 Å². The molecule has 2 saturated carbocycles. The molecule has 0 aromatic heterocycles. The van der Waals surface area contributed by atoms with Gasteiger partial charge in [-0.15, -0.1) is 0 Å². The molecule has 2 bridgehead atoms. The Morgan fingerprint density at radius 1 is 0.892 bits per heavy atom. The number of nitrogens with zero attached hydrogens (tertiary/aromatic N) is 2. The van der Waals surface area contributed by atoms with Crippen LogP contribution in [0.2, 0.25) is 0 Å². The minimum absolute atomic E-state index is 0.0989. The molecule has 37 heavy (non-hydrogen) atoms. The van der Waals surface area contributed by atoms with Gasteiger partial charge < -0.3 is 9.64 Å². The first kappa shape index (κ1) is 22.5. The summed E-state index contributed by atoms with van der Waals surface area (Å²) in [4.78, 5) is 55.3. The van der Waals surface area contributed by atoms with Crippen LogP contribution in [0.4, 0.5) is 11.4 Å². The first-order chi connectivity index (χ1) is 17.8. The first-order valence-electron chi connectivity index (χ1n) is 13.1. The Labute approximate surface area is 215 Å². The van der Waals surface area contributed by atoms with Crippen LogP contribution in [0.1, 0.15) is 24.0 Å². The van der Waals surface area contributed by atoms with E-state index < -0.39 is 11.9 Å². The maximum absolute atomic E-state index is 13.4. The molecule has 2 aliphatic heterocycles. The number of aryl methyl sites for hydroxylation is 2. The standard InChI is InChI=1S/C30H28N2O5/c1-15-3-5-18(6-4-15)31-14-17(12-25(31)33)30(36)37-19-7-10-24(16(2)11-19)32-28(34)26-20-8-9-21(23-13-22(20)23)27(26)29(32)35/h3-11,17,20-23,26-27H,12-14H2,1-2H3/t17-,20+,21+,22-,23+,26-,27-/m1/s1. The van der Waals surface area contributed by atoms with Gasteiger partial charge in [0.25, 0.3) is 0 Å². The fourth-order valence-corrected chi connectivity index (χ4v) is 7.18. The number of anilines is 2. The second-order valence-corrected chi connectivity index (χ2v) is 11.3. The van der Waals surface area contributed by atoms with Gasteiger partial charge in [0.05, 0.1) is 23.4 Å². The van der Waals surface area contributed by atoms with Gasteiger partial charge >= 0.3 is 5.97 Å². The summed E-state index contributed by atoms with van der Waals surface area (Å²) in [5.74, 6) is -0.0329. The lowest BCUT2D eigenvalue weighted by Gasteiger charge is -2.37. The van der Waals surface area contributed by atoms with Crippen LogP contribution in [-0.2, 0) is 19.2 Å². The highest BCUT2D eigenvalue weighted by Crippen LogP contribution is 2.65. The normalized spacial score (nSPS) is 33.1. The van der Waals surface area contributed by atoms with Crippen molar-refractivity contribution < 1.29 is 23.9 Å². The highest BCUT2D eigenvalue weighted by atomic mass is 16.5. The lowest BCUT2D eigenvalue weighted by molar-refractivity contribution is -0.139. The summed E-state index contributed by atoms with van der Waals surface area (Å²) in [5.41, 5.74) is 3.12. The van der Waals surface area contributed by atoms with E-state index in [1.54, 1.807) is 23.1 Å². The molecular weight excluding hydrogens is 468 g/mol. The predicted molar refractivity (Wildman–Crippen MR) is 136 cm³/mol. The SMILES string of the molecule is Cc1ccc(N2C[C@H](C(=O)Oc3ccc(N4C(=O)[C@@H]5[C@H]6C=C[C@@H]([C@@H]7C[C@H]67)[C@H]5C4=O)c(C)c3)CC2=O)cc1. The summed E-state index contributed by atoms with van der Waals surface area (Å²) in [6.45, 7) is 4.07. The monoisotopic (exact) mass is 496 g/mol. The molecule has 4 fully saturated rings. The van der Waals surface area contributed by atoms with Crippen LogP contribution in [0, 0.1) is 55.3 Å². The van der Waals surface area contributed by atoms with Crippen molar-refractivity contribution >= 4 is 35.1 Å². The van der Waals surface area contributed by atoms with Crippen LogP contribution in [0.25, 0.3) is 0 Å². The molecule has 6 aliphatic rings. The number of ether oxygens (including phenoxy) is 1. The third-order valence-electron chi connectivity index (χ3n) is 9.09. The number of allylic oxidation sites excluding steroid dienone is 2. The zero-order chi connectivity index (χ0) is 25.6. The van der Waals surface area contributed by atoms with E-state index in [4.69, 9.17) is 4.74 Å². The molecule has 3 amide bonds.